The number of hydrogen-bond donors (Lipinski definition) is 0. The summed E-state index contributed by atoms with van der Waals surface area (Å²) >= 11 is 0. The first-order valence-electron chi connectivity index (χ1n) is 22.5. The van der Waals surface area contributed by atoms with E-state index in [1.54, 1.807) is 0 Å². The third kappa shape index (κ3) is 6.17. The average molecular weight is 838 g/mol. The number of nitrogens with zero attached hydrogens (tertiary/aromatic N) is 3. The van der Waals surface area contributed by atoms with Crippen LogP contribution in [0.15, 0.2) is 237 Å². The zero-order valence-corrected chi connectivity index (χ0v) is 35.9. The van der Waals surface area contributed by atoms with Crippen LogP contribution in [0.3, 0.4) is 0 Å². The van der Waals surface area contributed by atoms with Crippen molar-refractivity contribution in [1.29, 1.82) is 0 Å². The van der Waals surface area contributed by atoms with Gasteiger partial charge in [0.05, 0.1) is 11.4 Å². The normalized spacial score (nSPS) is 11.6. The Morgan fingerprint density at radius 1 is 0.258 bits per heavy atom. The smallest absolute Gasteiger partial charge is 0.160 e. The third-order valence-corrected chi connectivity index (χ3v) is 13.3. The Hall–Kier alpha value is -8.79. The first kappa shape index (κ1) is 37.7. The molecule has 3 heteroatoms. The highest BCUT2D eigenvalue weighted by atomic mass is 14.9. The van der Waals surface area contributed by atoms with E-state index in [0.29, 0.717) is 5.82 Å². The molecule has 1 aliphatic rings. The second kappa shape index (κ2) is 15.5. The Morgan fingerprint density at radius 2 is 0.712 bits per heavy atom. The van der Waals surface area contributed by atoms with Crippen molar-refractivity contribution >= 4 is 32.3 Å². The molecule has 2 aromatic heterocycles. The number of benzene rings is 10. The summed E-state index contributed by atoms with van der Waals surface area (Å²) in [6.07, 6.45) is 3.87. The zero-order chi connectivity index (χ0) is 43.6. The quantitative estimate of drug-likeness (QED) is 0.160. The fourth-order valence-electron chi connectivity index (χ4n) is 10.3. The molecule has 0 amide bonds. The molecule has 0 fully saturated rings. The van der Waals surface area contributed by atoms with Gasteiger partial charge >= 0.3 is 0 Å². The van der Waals surface area contributed by atoms with Crippen LogP contribution in [0, 0.1) is 0 Å². The molecule has 12 aromatic rings. The lowest BCUT2D eigenvalue weighted by Gasteiger charge is -2.20. The minimum Gasteiger partial charge on any atom is -0.263 e. The second-order valence-electron chi connectivity index (χ2n) is 17.1. The van der Waals surface area contributed by atoms with Gasteiger partial charge in [-0.1, -0.05) is 218 Å². The summed E-state index contributed by atoms with van der Waals surface area (Å²) in [5.41, 5.74) is 19.6. The SMILES string of the molecule is c1ccc(-c2nc(-c3ccc(-c4cncc5ccccc45)cc3)cc(-c3ccc(-c4ccc5c6c(cccc46)-c4c-5c(-c5ccccc5)c5ccccc5c4-c4ccccc4)cc3)n2)cc1. The Balaban J connectivity index is 0.927. The molecule has 0 bridgehead atoms. The number of hydrogen-bond acceptors (Lipinski definition) is 3. The zero-order valence-electron chi connectivity index (χ0n) is 35.9. The molecular weight excluding hydrogens is 799 g/mol. The van der Waals surface area contributed by atoms with Crippen molar-refractivity contribution in [1.82, 2.24) is 15.0 Å². The van der Waals surface area contributed by atoms with Gasteiger partial charge in [0.1, 0.15) is 0 Å². The predicted octanol–water partition coefficient (Wildman–Crippen LogP) is 16.6. The molecule has 306 valence electrons. The van der Waals surface area contributed by atoms with E-state index in [4.69, 9.17) is 9.97 Å². The van der Waals surface area contributed by atoms with E-state index in [1.807, 2.05) is 30.6 Å². The fraction of sp³-hybridized carbons (Fsp3) is 0. The molecule has 3 nitrogen and oxygen atoms in total. The van der Waals surface area contributed by atoms with Crippen LogP contribution in [0.25, 0.3) is 133 Å². The van der Waals surface area contributed by atoms with Crippen molar-refractivity contribution in [2.75, 3.05) is 0 Å². The Kier molecular flexibility index (Phi) is 8.85. The first-order chi connectivity index (χ1) is 32.7. The van der Waals surface area contributed by atoms with Crippen molar-refractivity contribution in [2.24, 2.45) is 0 Å². The Bertz CT molecular complexity index is 3730. The number of pyridine rings is 1. The highest BCUT2D eigenvalue weighted by Gasteiger charge is 2.31. The number of rotatable bonds is 7. The third-order valence-electron chi connectivity index (χ3n) is 13.3. The van der Waals surface area contributed by atoms with Gasteiger partial charge in [-0.15, -0.1) is 0 Å². The van der Waals surface area contributed by atoms with Gasteiger partial charge in [0.15, 0.2) is 5.82 Å². The number of aromatic nitrogens is 3. The first-order valence-corrected chi connectivity index (χ1v) is 22.5. The molecule has 66 heavy (non-hydrogen) atoms. The Labute approximate surface area is 383 Å². The molecule has 0 aliphatic heterocycles. The van der Waals surface area contributed by atoms with Crippen LogP contribution in [0.1, 0.15) is 0 Å². The van der Waals surface area contributed by atoms with E-state index in [-0.39, 0.29) is 0 Å². The van der Waals surface area contributed by atoms with Gasteiger partial charge < -0.3 is 0 Å². The van der Waals surface area contributed by atoms with Crippen molar-refractivity contribution in [3.8, 4) is 101 Å². The van der Waals surface area contributed by atoms with Crippen LogP contribution in [0.2, 0.25) is 0 Å². The monoisotopic (exact) mass is 837 g/mol. The van der Waals surface area contributed by atoms with E-state index in [0.717, 1.165) is 50.2 Å². The minimum atomic E-state index is 0.694. The van der Waals surface area contributed by atoms with Gasteiger partial charge in [0.2, 0.25) is 0 Å². The molecular formula is C63H39N3. The summed E-state index contributed by atoms with van der Waals surface area (Å²) in [6, 6.07) is 80.6. The maximum Gasteiger partial charge on any atom is 0.160 e. The molecule has 1 aliphatic carbocycles. The molecule has 0 atom stereocenters. The lowest BCUT2D eigenvalue weighted by Crippen LogP contribution is -1.96. The summed E-state index contributed by atoms with van der Waals surface area (Å²) in [6.45, 7) is 0. The minimum absolute atomic E-state index is 0.694. The van der Waals surface area contributed by atoms with Crippen LogP contribution in [0.5, 0.6) is 0 Å². The van der Waals surface area contributed by atoms with Crippen molar-refractivity contribution in [3.05, 3.63) is 237 Å². The molecule has 0 radical (unpaired) electrons. The van der Waals surface area contributed by atoms with Crippen LogP contribution < -0.4 is 0 Å². The topological polar surface area (TPSA) is 38.7 Å². The lowest BCUT2D eigenvalue weighted by molar-refractivity contribution is 1.18. The molecule has 2 heterocycles. The molecule has 0 unspecified atom stereocenters. The molecule has 0 spiro atoms. The highest BCUT2D eigenvalue weighted by molar-refractivity contribution is 6.28. The summed E-state index contributed by atoms with van der Waals surface area (Å²) in [5, 5.41) is 7.39. The van der Waals surface area contributed by atoms with Crippen molar-refractivity contribution < 1.29 is 0 Å². The van der Waals surface area contributed by atoms with Gasteiger partial charge in [-0.2, -0.15) is 0 Å². The van der Waals surface area contributed by atoms with Gasteiger partial charge in [-0.3, -0.25) is 4.98 Å². The molecule has 10 aromatic carbocycles. The van der Waals surface area contributed by atoms with E-state index in [9.17, 15) is 0 Å². The largest absolute Gasteiger partial charge is 0.263 e. The van der Waals surface area contributed by atoms with Crippen molar-refractivity contribution in [3.63, 3.8) is 0 Å². The Morgan fingerprint density at radius 3 is 1.30 bits per heavy atom. The summed E-state index contributed by atoms with van der Waals surface area (Å²) in [5.74, 6) is 0.694. The standard InChI is InChI=1S/C63H39N3/c1-4-15-44(16-5-1)58-51-23-12-13-24-52(51)59(45-17-6-2-7-18-45)62-54-36-35-49(50-25-14-26-53(60(50)54)61(58)62)40-27-31-42(32-28-40)56-37-57(66-63(65-56)46-19-8-3-9-20-46)43-33-29-41(30-34-43)55-39-64-38-47-21-10-11-22-48(47)55/h1-39H. The highest BCUT2D eigenvalue weighted by Crippen LogP contribution is 2.58. The molecule has 0 saturated heterocycles. The predicted molar refractivity (Wildman–Crippen MR) is 275 cm³/mol. The lowest BCUT2D eigenvalue weighted by atomic mass is 9.82. The van der Waals surface area contributed by atoms with Crippen LogP contribution in [0.4, 0.5) is 0 Å². The van der Waals surface area contributed by atoms with Gasteiger partial charge in [-0.05, 0) is 94.2 Å². The van der Waals surface area contributed by atoms with E-state index in [1.165, 1.54) is 77.0 Å². The number of fused-ring (bicyclic) bond motifs is 5. The van der Waals surface area contributed by atoms with Crippen LogP contribution >= 0.6 is 0 Å². The van der Waals surface area contributed by atoms with Gasteiger partial charge in [0.25, 0.3) is 0 Å². The maximum absolute atomic E-state index is 5.18. The average Bonchev–Trinajstić information content (AvgIpc) is 3.73. The van der Waals surface area contributed by atoms with E-state index in [2.05, 4.69) is 211 Å². The molecule has 13 rings (SSSR count). The summed E-state index contributed by atoms with van der Waals surface area (Å²) in [7, 11) is 0. The summed E-state index contributed by atoms with van der Waals surface area (Å²) in [4.78, 5) is 14.8. The molecule has 0 saturated carbocycles. The maximum atomic E-state index is 5.18. The summed E-state index contributed by atoms with van der Waals surface area (Å²) < 4.78 is 0. The fourth-order valence-corrected chi connectivity index (χ4v) is 10.3. The second-order valence-corrected chi connectivity index (χ2v) is 17.1. The van der Waals surface area contributed by atoms with Crippen LogP contribution in [-0.4, -0.2) is 15.0 Å². The molecule has 0 N–H and O–H groups in total. The van der Waals surface area contributed by atoms with E-state index >= 15 is 0 Å². The van der Waals surface area contributed by atoms with Crippen molar-refractivity contribution in [2.45, 2.75) is 0 Å². The van der Waals surface area contributed by atoms with Gasteiger partial charge in [-0.25, -0.2) is 9.97 Å². The van der Waals surface area contributed by atoms with Gasteiger partial charge in [0, 0.05) is 40.0 Å². The van der Waals surface area contributed by atoms with E-state index < -0.39 is 0 Å². The van der Waals surface area contributed by atoms with Crippen LogP contribution in [-0.2, 0) is 0 Å².